The van der Waals surface area contributed by atoms with E-state index in [1.165, 1.54) is 19.2 Å². The summed E-state index contributed by atoms with van der Waals surface area (Å²) in [5.41, 5.74) is 5.97. The molecule has 1 aliphatic rings. The zero-order valence-electron chi connectivity index (χ0n) is 13.0. The van der Waals surface area contributed by atoms with Gasteiger partial charge in [0, 0.05) is 12.6 Å². The molecule has 1 amide bonds. The van der Waals surface area contributed by atoms with Crippen LogP contribution in [-0.4, -0.2) is 42.7 Å². The van der Waals surface area contributed by atoms with Crippen LogP contribution >= 0.6 is 12.4 Å². The van der Waals surface area contributed by atoms with E-state index in [4.69, 9.17) is 10.5 Å². The Kier molecular flexibility index (Phi) is 6.86. The summed E-state index contributed by atoms with van der Waals surface area (Å²) in [4.78, 5) is 13.0. The molecule has 0 bridgehead atoms. The number of benzene rings is 1. The number of ether oxygens (including phenoxy) is 1. The number of hydrogen-bond donors (Lipinski definition) is 1. The summed E-state index contributed by atoms with van der Waals surface area (Å²) in [6.07, 6.45) is -4.82. The zero-order chi connectivity index (χ0) is 17.2. The maximum atomic E-state index is 13.6. The molecule has 24 heavy (non-hydrogen) atoms. The van der Waals surface area contributed by atoms with Crippen LogP contribution in [-0.2, 0) is 11.2 Å². The van der Waals surface area contributed by atoms with Gasteiger partial charge in [0.2, 0.25) is 5.91 Å². The lowest BCUT2D eigenvalue weighted by molar-refractivity contribution is -0.196. The number of methoxy groups -OCH3 is 1. The molecule has 0 radical (unpaired) electrons. The van der Waals surface area contributed by atoms with Crippen molar-refractivity contribution >= 4 is 18.3 Å². The van der Waals surface area contributed by atoms with Crippen molar-refractivity contribution in [3.63, 3.8) is 0 Å². The summed E-state index contributed by atoms with van der Waals surface area (Å²) >= 11 is 0. The van der Waals surface area contributed by atoms with Crippen LogP contribution in [0.2, 0.25) is 0 Å². The highest BCUT2D eigenvalue weighted by Crippen LogP contribution is 2.32. The molecule has 1 fully saturated rings. The van der Waals surface area contributed by atoms with E-state index in [-0.39, 0.29) is 49.5 Å². The van der Waals surface area contributed by atoms with E-state index in [1.807, 2.05) is 0 Å². The largest absolute Gasteiger partial charge is 0.494 e. The zero-order valence-corrected chi connectivity index (χ0v) is 13.8. The van der Waals surface area contributed by atoms with Crippen LogP contribution in [0.3, 0.4) is 0 Å². The molecular formula is C15H19ClF4N2O2. The van der Waals surface area contributed by atoms with E-state index in [9.17, 15) is 22.4 Å². The first-order valence-electron chi connectivity index (χ1n) is 7.16. The summed E-state index contributed by atoms with van der Waals surface area (Å²) in [5.74, 6) is -1.37. The standard InChI is InChI=1S/C15H18F4N2O2.ClH/c1-23-12-4-2-9(6-11(12)16)7-14(22)21-8-10(20)3-5-13(21)15(17,18)19;/h2,4,6,10,13H,3,5,7-8,20H2,1H3;1H. The molecule has 2 unspecified atom stereocenters. The number of likely N-dealkylation sites (tertiary alicyclic amines) is 1. The Labute approximate surface area is 143 Å². The van der Waals surface area contributed by atoms with Gasteiger partial charge in [0.1, 0.15) is 6.04 Å². The van der Waals surface area contributed by atoms with Crippen molar-refractivity contribution in [2.24, 2.45) is 5.73 Å². The Morgan fingerprint density at radius 2 is 2.04 bits per heavy atom. The monoisotopic (exact) mass is 370 g/mol. The number of carbonyl (C=O) groups excluding carboxylic acids is 1. The van der Waals surface area contributed by atoms with Crippen LogP contribution in [0, 0.1) is 5.82 Å². The highest BCUT2D eigenvalue weighted by Gasteiger charge is 2.47. The predicted octanol–water partition coefficient (Wildman–Crippen LogP) is 2.68. The normalized spacial score (nSPS) is 21.2. The van der Waals surface area contributed by atoms with Gasteiger partial charge in [-0.3, -0.25) is 4.79 Å². The molecule has 2 rings (SSSR count). The fraction of sp³-hybridized carbons (Fsp3) is 0.533. The second kappa shape index (κ2) is 8.02. The number of alkyl halides is 3. The summed E-state index contributed by atoms with van der Waals surface area (Å²) in [5, 5.41) is 0. The van der Waals surface area contributed by atoms with Crippen LogP contribution in [0.15, 0.2) is 18.2 Å². The Hall–Kier alpha value is -1.54. The van der Waals surface area contributed by atoms with Gasteiger partial charge in [0.05, 0.1) is 13.5 Å². The van der Waals surface area contributed by atoms with Gasteiger partial charge in [0.15, 0.2) is 11.6 Å². The van der Waals surface area contributed by atoms with Gasteiger partial charge in [-0.25, -0.2) is 4.39 Å². The highest BCUT2D eigenvalue weighted by atomic mass is 35.5. The Bertz CT molecular complexity index is 583. The van der Waals surface area contributed by atoms with E-state index in [0.29, 0.717) is 0 Å². The smallest absolute Gasteiger partial charge is 0.408 e. The van der Waals surface area contributed by atoms with Crippen molar-refractivity contribution in [2.45, 2.75) is 37.5 Å². The molecule has 1 saturated heterocycles. The van der Waals surface area contributed by atoms with Crippen molar-refractivity contribution in [1.82, 2.24) is 4.90 Å². The molecule has 136 valence electrons. The highest BCUT2D eigenvalue weighted by molar-refractivity contribution is 5.85. The first-order chi connectivity index (χ1) is 10.7. The SMILES string of the molecule is COc1ccc(CC(=O)N2CC(N)CCC2C(F)(F)F)cc1F.Cl. The molecular weight excluding hydrogens is 352 g/mol. The van der Waals surface area contributed by atoms with Gasteiger partial charge in [0.25, 0.3) is 0 Å². The van der Waals surface area contributed by atoms with E-state index in [1.54, 1.807) is 0 Å². The number of rotatable bonds is 3. The van der Waals surface area contributed by atoms with Gasteiger partial charge >= 0.3 is 6.18 Å². The van der Waals surface area contributed by atoms with Crippen molar-refractivity contribution in [3.8, 4) is 5.75 Å². The van der Waals surface area contributed by atoms with E-state index >= 15 is 0 Å². The summed E-state index contributed by atoms with van der Waals surface area (Å²) < 4.78 is 57.6. The molecule has 2 N–H and O–H groups in total. The third-order valence-corrected chi connectivity index (χ3v) is 3.89. The number of hydrogen-bond acceptors (Lipinski definition) is 3. The molecule has 1 aliphatic heterocycles. The summed E-state index contributed by atoms with van der Waals surface area (Å²) in [6.45, 7) is -0.151. The molecule has 1 aromatic rings. The molecule has 9 heteroatoms. The lowest BCUT2D eigenvalue weighted by Crippen LogP contribution is -2.57. The molecule has 0 aromatic heterocycles. The second-order valence-electron chi connectivity index (χ2n) is 5.59. The van der Waals surface area contributed by atoms with Crippen molar-refractivity contribution < 1.29 is 27.1 Å². The number of piperidine rings is 1. The third kappa shape index (κ3) is 4.73. The summed E-state index contributed by atoms with van der Waals surface area (Å²) in [7, 11) is 1.30. The van der Waals surface area contributed by atoms with Crippen LogP contribution in [0.5, 0.6) is 5.75 Å². The average molecular weight is 371 g/mol. The van der Waals surface area contributed by atoms with Crippen LogP contribution in [0.25, 0.3) is 0 Å². The third-order valence-electron chi connectivity index (χ3n) is 3.89. The van der Waals surface area contributed by atoms with E-state index in [0.717, 1.165) is 11.0 Å². The van der Waals surface area contributed by atoms with Crippen LogP contribution in [0.4, 0.5) is 17.6 Å². The Balaban J connectivity index is 0.00000288. The minimum Gasteiger partial charge on any atom is -0.494 e. The first-order valence-corrected chi connectivity index (χ1v) is 7.16. The number of nitrogens with zero attached hydrogens (tertiary/aromatic N) is 1. The fourth-order valence-corrected chi connectivity index (χ4v) is 2.71. The Morgan fingerprint density at radius 3 is 2.58 bits per heavy atom. The molecule has 4 nitrogen and oxygen atoms in total. The molecule has 1 heterocycles. The minimum atomic E-state index is -4.50. The topological polar surface area (TPSA) is 55.6 Å². The van der Waals surface area contributed by atoms with Gasteiger partial charge in [-0.05, 0) is 30.5 Å². The van der Waals surface area contributed by atoms with Crippen LogP contribution < -0.4 is 10.5 Å². The number of carbonyl (C=O) groups is 1. The molecule has 0 aliphatic carbocycles. The molecule has 0 saturated carbocycles. The van der Waals surface area contributed by atoms with Gasteiger partial charge < -0.3 is 15.4 Å². The lowest BCUT2D eigenvalue weighted by atomic mass is 9.97. The maximum Gasteiger partial charge on any atom is 0.408 e. The lowest BCUT2D eigenvalue weighted by Gasteiger charge is -2.39. The van der Waals surface area contributed by atoms with Crippen molar-refractivity contribution in [3.05, 3.63) is 29.6 Å². The number of halogens is 5. The minimum absolute atomic E-state index is 0. The predicted molar refractivity (Wildman–Crippen MR) is 82.7 cm³/mol. The maximum absolute atomic E-state index is 13.6. The number of amides is 1. The van der Waals surface area contributed by atoms with Gasteiger partial charge in [-0.2, -0.15) is 13.2 Å². The second-order valence-corrected chi connectivity index (χ2v) is 5.59. The molecule has 2 atom stereocenters. The Morgan fingerprint density at radius 1 is 1.38 bits per heavy atom. The van der Waals surface area contributed by atoms with E-state index < -0.39 is 30.0 Å². The first kappa shape index (κ1) is 20.5. The average Bonchev–Trinajstić information content (AvgIpc) is 2.46. The molecule has 0 spiro atoms. The van der Waals surface area contributed by atoms with Gasteiger partial charge in [-0.15, -0.1) is 12.4 Å². The van der Waals surface area contributed by atoms with Crippen molar-refractivity contribution in [1.29, 1.82) is 0 Å². The molecule has 1 aromatic carbocycles. The number of nitrogens with two attached hydrogens (primary N) is 1. The van der Waals surface area contributed by atoms with Gasteiger partial charge in [-0.1, -0.05) is 6.07 Å². The quantitative estimate of drug-likeness (QED) is 0.832. The van der Waals surface area contributed by atoms with Crippen molar-refractivity contribution in [2.75, 3.05) is 13.7 Å². The van der Waals surface area contributed by atoms with E-state index in [2.05, 4.69) is 0 Å². The summed E-state index contributed by atoms with van der Waals surface area (Å²) in [6, 6.07) is 1.56. The van der Waals surface area contributed by atoms with Crippen LogP contribution in [0.1, 0.15) is 18.4 Å². The fourth-order valence-electron chi connectivity index (χ4n) is 2.71.